The van der Waals surface area contributed by atoms with Crippen LogP contribution in [0.3, 0.4) is 0 Å². The van der Waals surface area contributed by atoms with E-state index in [1.54, 1.807) is 7.11 Å². The first-order valence-corrected chi connectivity index (χ1v) is 8.42. The van der Waals surface area contributed by atoms with Crippen molar-refractivity contribution in [2.45, 2.75) is 38.0 Å². The van der Waals surface area contributed by atoms with Gasteiger partial charge in [0.25, 0.3) is 0 Å². The largest absolute Gasteiger partial charge is 0.496 e. The van der Waals surface area contributed by atoms with E-state index in [4.69, 9.17) is 14.2 Å². The Kier molecular flexibility index (Phi) is 3.60. The Balaban J connectivity index is 1.69. The summed E-state index contributed by atoms with van der Waals surface area (Å²) in [5.41, 5.74) is 2.11. The summed E-state index contributed by atoms with van der Waals surface area (Å²) in [7, 11) is 1.68. The zero-order valence-corrected chi connectivity index (χ0v) is 13.8. The van der Waals surface area contributed by atoms with Gasteiger partial charge >= 0.3 is 0 Å². The topological polar surface area (TPSA) is 51.4 Å². The summed E-state index contributed by atoms with van der Waals surface area (Å²) in [4.78, 5) is 7.30. The molecular formula is C18H23N3O2. The smallest absolute Gasteiger partial charge is 0.234 e. The molecule has 2 saturated heterocycles. The molecule has 0 amide bonds. The van der Waals surface area contributed by atoms with Crippen molar-refractivity contribution in [1.29, 1.82) is 0 Å². The molecule has 0 aliphatic carbocycles. The summed E-state index contributed by atoms with van der Waals surface area (Å²) in [6.45, 7) is 5.51. The number of nitrogens with zero attached hydrogens (tertiary/aromatic N) is 3. The Morgan fingerprint density at radius 3 is 2.74 bits per heavy atom. The van der Waals surface area contributed by atoms with Crippen molar-refractivity contribution in [2.75, 3.05) is 26.7 Å². The lowest BCUT2D eigenvalue weighted by atomic mass is 9.73. The number of hydrogen-bond acceptors (Lipinski definition) is 5. The molecule has 3 heterocycles. The molecule has 2 fully saturated rings. The maximum atomic E-state index is 5.72. The van der Waals surface area contributed by atoms with E-state index in [9.17, 15) is 0 Å². The monoisotopic (exact) mass is 313 g/mol. The molecule has 0 atom stereocenters. The van der Waals surface area contributed by atoms with Gasteiger partial charge in [-0.2, -0.15) is 4.98 Å². The molecule has 1 aromatic carbocycles. The molecule has 2 aromatic rings. The highest BCUT2D eigenvalue weighted by molar-refractivity contribution is 5.64. The van der Waals surface area contributed by atoms with Gasteiger partial charge in [0.15, 0.2) is 0 Å². The molecule has 0 unspecified atom stereocenters. The molecule has 0 spiro atoms. The molecule has 2 aliphatic rings. The van der Waals surface area contributed by atoms with E-state index in [0.29, 0.717) is 5.82 Å². The lowest BCUT2D eigenvalue weighted by Gasteiger charge is -2.44. The number of methoxy groups -OCH3 is 1. The first kappa shape index (κ1) is 14.7. The minimum Gasteiger partial charge on any atom is -0.496 e. The molecule has 122 valence electrons. The van der Waals surface area contributed by atoms with E-state index in [1.807, 2.05) is 19.1 Å². The van der Waals surface area contributed by atoms with Crippen LogP contribution < -0.4 is 4.74 Å². The number of aryl methyl sites for hydroxylation is 1. The van der Waals surface area contributed by atoms with Gasteiger partial charge in [0, 0.05) is 6.54 Å². The van der Waals surface area contributed by atoms with Crippen LogP contribution in [0.2, 0.25) is 0 Å². The van der Waals surface area contributed by atoms with E-state index in [-0.39, 0.29) is 5.41 Å². The second kappa shape index (κ2) is 5.64. The van der Waals surface area contributed by atoms with Gasteiger partial charge in [0.2, 0.25) is 11.7 Å². The van der Waals surface area contributed by atoms with Crippen LogP contribution in [0.1, 0.15) is 37.1 Å². The second-order valence-corrected chi connectivity index (χ2v) is 6.89. The normalized spacial score (nSPS) is 27.0. The van der Waals surface area contributed by atoms with Crippen LogP contribution in [-0.4, -0.2) is 41.8 Å². The minimum absolute atomic E-state index is 0.0552. The van der Waals surface area contributed by atoms with Crippen LogP contribution in [0.4, 0.5) is 0 Å². The van der Waals surface area contributed by atoms with Crippen molar-refractivity contribution in [3.63, 3.8) is 0 Å². The molecule has 5 heteroatoms. The first-order valence-electron chi connectivity index (χ1n) is 8.42. The van der Waals surface area contributed by atoms with E-state index >= 15 is 0 Å². The third-order valence-electron chi connectivity index (χ3n) is 5.26. The molecule has 23 heavy (non-hydrogen) atoms. The van der Waals surface area contributed by atoms with Gasteiger partial charge in [-0.05, 0) is 63.4 Å². The highest BCUT2D eigenvalue weighted by Gasteiger charge is 2.44. The van der Waals surface area contributed by atoms with Crippen molar-refractivity contribution in [2.24, 2.45) is 0 Å². The second-order valence-electron chi connectivity index (χ2n) is 6.89. The lowest BCUT2D eigenvalue weighted by molar-refractivity contribution is 0.0711. The Morgan fingerprint density at radius 2 is 2.00 bits per heavy atom. The average molecular weight is 313 g/mol. The van der Waals surface area contributed by atoms with Crippen LogP contribution >= 0.6 is 0 Å². The summed E-state index contributed by atoms with van der Waals surface area (Å²) in [6.07, 6.45) is 4.73. The maximum Gasteiger partial charge on any atom is 0.234 e. The van der Waals surface area contributed by atoms with Crippen LogP contribution in [0.25, 0.3) is 11.4 Å². The van der Waals surface area contributed by atoms with Gasteiger partial charge < -0.3 is 14.2 Å². The molecule has 0 saturated carbocycles. The molecule has 2 aliphatic heterocycles. The van der Waals surface area contributed by atoms with Gasteiger partial charge in [-0.15, -0.1) is 0 Å². The number of aromatic nitrogens is 2. The fourth-order valence-electron chi connectivity index (χ4n) is 4.08. The number of rotatable bonds is 3. The summed E-state index contributed by atoms with van der Waals surface area (Å²) in [6, 6.07) is 6.07. The summed E-state index contributed by atoms with van der Waals surface area (Å²) < 4.78 is 11.2. The fourth-order valence-corrected chi connectivity index (χ4v) is 4.08. The molecule has 0 N–H and O–H groups in total. The number of benzene rings is 1. The third-order valence-corrected chi connectivity index (χ3v) is 5.26. The minimum atomic E-state index is 0.0552. The number of ether oxygens (including phenoxy) is 1. The van der Waals surface area contributed by atoms with Crippen LogP contribution in [0.5, 0.6) is 5.75 Å². The summed E-state index contributed by atoms with van der Waals surface area (Å²) in [5.74, 6) is 2.23. The van der Waals surface area contributed by atoms with Crippen LogP contribution in [0, 0.1) is 6.92 Å². The van der Waals surface area contributed by atoms with Gasteiger partial charge in [-0.25, -0.2) is 0 Å². The van der Waals surface area contributed by atoms with Crippen molar-refractivity contribution in [3.8, 4) is 17.1 Å². The van der Waals surface area contributed by atoms with Gasteiger partial charge in [-0.3, -0.25) is 0 Å². The third kappa shape index (κ3) is 2.53. The predicted octanol–water partition coefficient (Wildman–Crippen LogP) is 3.18. The van der Waals surface area contributed by atoms with E-state index in [0.717, 1.165) is 42.2 Å². The van der Waals surface area contributed by atoms with Crippen LogP contribution in [-0.2, 0) is 5.41 Å². The number of fused-ring (bicyclic) bond motifs is 2. The maximum absolute atomic E-state index is 5.72. The van der Waals surface area contributed by atoms with Gasteiger partial charge in [0.05, 0.1) is 18.1 Å². The van der Waals surface area contributed by atoms with Gasteiger partial charge in [-0.1, -0.05) is 11.2 Å². The van der Waals surface area contributed by atoms with E-state index in [2.05, 4.69) is 16.1 Å². The molecular weight excluding hydrogens is 290 g/mol. The van der Waals surface area contributed by atoms with Crippen molar-refractivity contribution in [3.05, 3.63) is 29.7 Å². The van der Waals surface area contributed by atoms with Crippen LogP contribution in [0.15, 0.2) is 22.7 Å². The molecule has 5 nitrogen and oxygen atoms in total. The zero-order valence-electron chi connectivity index (χ0n) is 13.8. The predicted molar refractivity (Wildman–Crippen MR) is 87.6 cm³/mol. The molecule has 1 aromatic heterocycles. The van der Waals surface area contributed by atoms with E-state index in [1.165, 1.54) is 25.9 Å². The highest BCUT2D eigenvalue weighted by atomic mass is 16.5. The van der Waals surface area contributed by atoms with Gasteiger partial charge in [0.1, 0.15) is 5.75 Å². The number of piperidine rings is 2. The highest BCUT2D eigenvalue weighted by Crippen LogP contribution is 2.41. The number of hydrogen-bond donors (Lipinski definition) is 0. The Bertz CT molecular complexity index is 700. The Morgan fingerprint density at radius 1 is 1.22 bits per heavy atom. The zero-order chi connectivity index (χ0) is 15.9. The molecule has 2 bridgehead atoms. The summed E-state index contributed by atoms with van der Waals surface area (Å²) >= 11 is 0. The Labute approximate surface area is 136 Å². The fraction of sp³-hybridized carbons (Fsp3) is 0.556. The SMILES string of the molecule is COc1cc(C)ccc1-c1noc(C23CCCN(CCC2)C3)n1. The standard InChI is InChI=1S/C18H23N3O2/c1-13-5-6-14(15(11-13)22-2)16-19-17(23-20-16)18-7-3-9-21(12-18)10-4-8-18/h5-6,11H,3-4,7-10,12H2,1-2H3. The molecule has 4 rings (SSSR count). The Hall–Kier alpha value is -1.88. The van der Waals surface area contributed by atoms with E-state index < -0.39 is 0 Å². The van der Waals surface area contributed by atoms with Crippen molar-refractivity contribution in [1.82, 2.24) is 15.0 Å². The first-order chi connectivity index (χ1) is 11.2. The average Bonchev–Trinajstić information content (AvgIpc) is 3.05. The quantitative estimate of drug-likeness (QED) is 0.871. The van der Waals surface area contributed by atoms with Crippen molar-refractivity contribution >= 4 is 0 Å². The molecule has 0 radical (unpaired) electrons. The summed E-state index contributed by atoms with van der Waals surface area (Å²) in [5, 5.41) is 4.26. The lowest BCUT2D eigenvalue weighted by Crippen LogP contribution is -2.50. The van der Waals surface area contributed by atoms with Crippen molar-refractivity contribution < 1.29 is 9.26 Å².